The maximum absolute atomic E-state index is 4.11. The van der Waals surface area contributed by atoms with Crippen molar-refractivity contribution in [1.29, 1.82) is 0 Å². The van der Waals surface area contributed by atoms with Crippen LogP contribution in [0.15, 0.2) is 12.4 Å². The second kappa shape index (κ2) is 4.84. The van der Waals surface area contributed by atoms with Crippen molar-refractivity contribution < 1.29 is 0 Å². The molecule has 0 spiro atoms. The topological polar surface area (TPSA) is 73.5 Å². The van der Waals surface area contributed by atoms with Crippen molar-refractivity contribution in [3.05, 3.63) is 23.8 Å². The van der Waals surface area contributed by atoms with Crippen LogP contribution in [0.2, 0.25) is 0 Å². The SMILES string of the molecule is Cn1cc(CCNCc2nnn(C)n2)cn1. The molecule has 0 aromatic carbocycles. The Morgan fingerprint density at radius 1 is 1.38 bits per heavy atom. The normalized spacial score (nSPS) is 10.9. The van der Waals surface area contributed by atoms with E-state index in [9.17, 15) is 0 Å². The highest BCUT2D eigenvalue weighted by atomic mass is 15.6. The zero-order valence-electron chi connectivity index (χ0n) is 9.46. The van der Waals surface area contributed by atoms with Gasteiger partial charge in [0.15, 0.2) is 5.82 Å². The molecule has 2 heterocycles. The molecule has 2 rings (SSSR count). The van der Waals surface area contributed by atoms with Gasteiger partial charge < -0.3 is 5.32 Å². The third-order valence-corrected chi connectivity index (χ3v) is 2.18. The van der Waals surface area contributed by atoms with Crippen molar-refractivity contribution in [2.24, 2.45) is 14.1 Å². The van der Waals surface area contributed by atoms with E-state index in [4.69, 9.17) is 0 Å². The van der Waals surface area contributed by atoms with E-state index < -0.39 is 0 Å². The number of tetrazole rings is 1. The summed E-state index contributed by atoms with van der Waals surface area (Å²) in [6.07, 6.45) is 4.85. The zero-order chi connectivity index (χ0) is 11.4. The Bertz CT molecular complexity index is 402. The Hall–Kier alpha value is -1.76. The maximum Gasteiger partial charge on any atom is 0.188 e. The molecule has 0 unspecified atom stereocenters. The van der Waals surface area contributed by atoms with Crippen LogP contribution in [0.4, 0.5) is 0 Å². The first-order valence-electron chi connectivity index (χ1n) is 5.15. The van der Waals surface area contributed by atoms with Crippen LogP contribution in [0.5, 0.6) is 0 Å². The minimum absolute atomic E-state index is 0.647. The number of hydrogen-bond acceptors (Lipinski definition) is 5. The number of nitrogens with zero attached hydrogens (tertiary/aromatic N) is 6. The van der Waals surface area contributed by atoms with Gasteiger partial charge in [-0.1, -0.05) is 0 Å². The number of rotatable bonds is 5. The predicted octanol–water partition coefficient (Wildman–Crippen LogP) is -0.724. The Kier molecular flexibility index (Phi) is 3.25. The lowest BCUT2D eigenvalue weighted by Gasteiger charge is -1.99. The standard InChI is InChI=1S/C9H15N7/c1-15-7-8(5-11-15)3-4-10-6-9-12-14-16(2)13-9/h5,7,10H,3-4,6H2,1-2H3. The van der Waals surface area contributed by atoms with E-state index in [-0.39, 0.29) is 0 Å². The molecule has 0 aliphatic carbocycles. The molecule has 0 fully saturated rings. The minimum atomic E-state index is 0.647. The van der Waals surface area contributed by atoms with Gasteiger partial charge in [-0.2, -0.15) is 9.90 Å². The average Bonchev–Trinajstić information content (AvgIpc) is 2.83. The summed E-state index contributed by atoms with van der Waals surface area (Å²) in [7, 11) is 3.67. The molecular formula is C9H15N7. The van der Waals surface area contributed by atoms with Crippen molar-refractivity contribution in [3.8, 4) is 0 Å². The molecule has 0 atom stereocenters. The summed E-state index contributed by atoms with van der Waals surface area (Å²) in [6, 6.07) is 0. The highest BCUT2D eigenvalue weighted by Crippen LogP contribution is 1.96. The molecule has 0 saturated heterocycles. The molecule has 0 saturated carbocycles. The van der Waals surface area contributed by atoms with Gasteiger partial charge in [0.25, 0.3) is 0 Å². The van der Waals surface area contributed by atoms with Crippen molar-refractivity contribution in [2.75, 3.05) is 6.54 Å². The van der Waals surface area contributed by atoms with Crippen LogP contribution in [0, 0.1) is 0 Å². The summed E-state index contributed by atoms with van der Waals surface area (Å²) < 4.78 is 1.81. The molecular weight excluding hydrogens is 206 g/mol. The quantitative estimate of drug-likeness (QED) is 0.674. The van der Waals surface area contributed by atoms with Crippen molar-refractivity contribution in [2.45, 2.75) is 13.0 Å². The average molecular weight is 221 g/mol. The summed E-state index contributed by atoms with van der Waals surface area (Å²) in [5.74, 6) is 0.716. The molecule has 16 heavy (non-hydrogen) atoms. The first kappa shape index (κ1) is 10.7. The van der Waals surface area contributed by atoms with Gasteiger partial charge >= 0.3 is 0 Å². The molecule has 0 amide bonds. The lowest BCUT2D eigenvalue weighted by Crippen LogP contribution is -2.17. The van der Waals surface area contributed by atoms with Gasteiger partial charge in [-0.25, -0.2) is 0 Å². The first-order chi connectivity index (χ1) is 7.74. The van der Waals surface area contributed by atoms with Gasteiger partial charge in [0.05, 0.1) is 19.8 Å². The maximum atomic E-state index is 4.11. The van der Waals surface area contributed by atoms with Gasteiger partial charge in [0.1, 0.15) is 0 Å². The Labute approximate surface area is 93.5 Å². The van der Waals surface area contributed by atoms with Crippen LogP contribution in [0.1, 0.15) is 11.4 Å². The van der Waals surface area contributed by atoms with Crippen LogP contribution in [0.3, 0.4) is 0 Å². The van der Waals surface area contributed by atoms with Crippen LogP contribution in [-0.4, -0.2) is 36.5 Å². The van der Waals surface area contributed by atoms with E-state index in [1.165, 1.54) is 10.4 Å². The van der Waals surface area contributed by atoms with Crippen molar-refractivity contribution in [1.82, 2.24) is 35.3 Å². The third-order valence-electron chi connectivity index (χ3n) is 2.18. The lowest BCUT2D eigenvalue weighted by atomic mass is 10.2. The fourth-order valence-electron chi connectivity index (χ4n) is 1.43. The van der Waals surface area contributed by atoms with Crippen LogP contribution in [0.25, 0.3) is 0 Å². The van der Waals surface area contributed by atoms with E-state index in [0.29, 0.717) is 12.4 Å². The van der Waals surface area contributed by atoms with Gasteiger partial charge in [0.2, 0.25) is 0 Å². The fraction of sp³-hybridized carbons (Fsp3) is 0.556. The molecule has 7 nitrogen and oxygen atoms in total. The van der Waals surface area contributed by atoms with E-state index in [1.54, 1.807) is 11.7 Å². The van der Waals surface area contributed by atoms with Crippen LogP contribution < -0.4 is 5.32 Å². The van der Waals surface area contributed by atoms with Crippen molar-refractivity contribution >= 4 is 0 Å². The molecule has 0 aliphatic rings. The Morgan fingerprint density at radius 2 is 2.25 bits per heavy atom. The highest BCUT2D eigenvalue weighted by molar-refractivity contribution is 5.03. The Balaban J connectivity index is 1.69. The number of aryl methyl sites for hydroxylation is 2. The fourth-order valence-corrected chi connectivity index (χ4v) is 1.43. The zero-order valence-corrected chi connectivity index (χ0v) is 9.46. The van der Waals surface area contributed by atoms with Crippen LogP contribution in [-0.2, 0) is 27.1 Å². The van der Waals surface area contributed by atoms with Crippen LogP contribution >= 0.6 is 0 Å². The second-order valence-corrected chi connectivity index (χ2v) is 3.64. The predicted molar refractivity (Wildman–Crippen MR) is 57.4 cm³/mol. The first-order valence-corrected chi connectivity index (χ1v) is 5.15. The number of hydrogen-bond donors (Lipinski definition) is 1. The van der Waals surface area contributed by atoms with E-state index >= 15 is 0 Å². The van der Waals surface area contributed by atoms with Gasteiger partial charge in [-0.15, -0.1) is 10.2 Å². The van der Waals surface area contributed by atoms with E-state index in [1.807, 2.05) is 19.4 Å². The highest BCUT2D eigenvalue weighted by Gasteiger charge is 2.00. The summed E-state index contributed by atoms with van der Waals surface area (Å²) in [5, 5.41) is 19.1. The van der Waals surface area contributed by atoms with E-state index in [0.717, 1.165) is 13.0 Å². The van der Waals surface area contributed by atoms with Gasteiger partial charge in [0, 0.05) is 13.2 Å². The molecule has 0 radical (unpaired) electrons. The largest absolute Gasteiger partial charge is 0.309 e. The summed E-state index contributed by atoms with van der Waals surface area (Å²) in [5.41, 5.74) is 1.22. The smallest absolute Gasteiger partial charge is 0.188 e. The van der Waals surface area contributed by atoms with Gasteiger partial charge in [-0.3, -0.25) is 4.68 Å². The molecule has 86 valence electrons. The lowest BCUT2D eigenvalue weighted by molar-refractivity contribution is 0.619. The van der Waals surface area contributed by atoms with Gasteiger partial charge in [-0.05, 0) is 23.7 Å². The molecule has 7 heteroatoms. The summed E-state index contributed by atoms with van der Waals surface area (Å²) >= 11 is 0. The minimum Gasteiger partial charge on any atom is -0.309 e. The monoisotopic (exact) mass is 221 g/mol. The molecule has 1 N–H and O–H groups in total. The van der Waals surface area contributed by atoms with Crippen molar-refractivity contribution in [3.63, 3.8) is 0 Å². The van der Waals surface area contributed by atoms with E-state index in [2.05, 4.69) is 25.8 Å². The summed E-state index contributed by atoms with van der Waals surface area (Å²) in [6.45, 7) is 1.53. The Morgan fingerprint density at radius 3 is 2.88 bits per heavy atom. The molecule has 0 bridgehead atoms. The molecule has 0 aliphatic heterocycles. The third kappa shape index (κ3) is 2.86. The molecule has 2 aromatic rings. The summed E-state index contributed by atoms with van der Waals surface area (Å²) in [4.78, 5) is 1.46. The number of nitrogens with one attached hydrogen (secondary N) is 1. The number of aromatic nitrogens is 6. The molecule has 2 aromatic heterocycles. The second-order valence-electron chi connectivity index (χ2n) is 3.64.